The molecule has 0 saturated carbocycles. The van der Waals surface area contributed by atoms with Crippen LogP contribution in [0, 0.1) is 24.0 Å². The Kier molecular flexibility index (Phi) is 9.93. The van der Waals surface area contributed by atoms with Crippen LogP contribution in [0.15, 0.2) is 47.6 Å². The molecular weight excluding hydrogens is 617 g/mol. The Hall–Kier alpha value is -4.56. The van der Waals surface area contributed by atoms with Crippen LogP contribution < -0.4 is 10.6 Å². The number of nitro groups is 1. The number of carbonyl (C=O) groups excluding carboxylic acids is 3. The number of hydrogen-bond donors (Lipinski definition) is 2. The van der Waals surface area contributed by atoms with E-state index in [2.05, 4.69) is 20.8 Å². The van der Waals surface area contributed by atoms with Gasteiger partial charge in [-0.1, -0.05) is 23.9 Å². The number of aromatic nitrogens is 3. The molecule has 2 amide bonds. The lowest BCUT2D eigenvalue weighted by Crippen LogP contribution is -2.24. The molecule has 0 unspecified atom stereocenters. The number of hydrogen-bond acceptors (Lipinski definition) is 10. The van der Waals surface area contributed by atoms with Crippen LogP contribution in [-0.2, 0) is 28.9 Å². The van der Waals surface area contributed by atoms with Gasteiger partial charge in [0.1, 0.15) is 5.00 Å². The number of fused-ring (bicyclic) bond motifs is 1. The van der Waals surface area contributed by atoms with Gasteiger partial charge in [0, 0.05) is 22.6 Å². The van der Waals surface area contributed by atoms with Crippen molar-refractivity contribution in [2.24, 2.45) is 0 Å². The minimum Gasteiger partial charge on any atom is -0.462 e. The second kappa shape index (κ2) is 14.0. The zero-order chi connectivity index (χ0) is 32.1. The molecule has 234 valence electrons. The first-order valence-corrected chi connectivity index (χ1v) is 16.3. The Labute approximate surface area is 267 Å². The van der Waals surface area contributed by atoms with Gasteiger partial charge in [-0.05, 0) is 81.3 Å². The Morgan fingerprint density at radius 1 is 1.09 bits per heavy atom. The third-order valence-corrected chi connectivity index (χ3v) is 9.64. The summed E-state index contributed by atoms with van der Waals surface area (Å²) in [6, 6.07) is 11.1. The van der Waals surface area contributed by atoms with Crippen molar-refractivity contribution >= 4 is 51.6 Å². The largest absolute Gasteiger partial charge is 0.462 e. The predicted octanol–water partition coefficient (Wildman–Crippen LogP) is 5.57. The van der Waals surface area contributed by atoms with Crippen molar-refractivity contribution in [1.82, 2.24) is 20.1 Å². The normalized spacial score (nSPS) is 12.3. The average Bonchev–Trinajstić information content (AvgIpc) is 3.60. The summed E-state index contributed by atoms with van der Waals surface area (Å²) in [6.07, 6.45) is 3.69. The van der Waals surface area contributed by atoms with Gasteiger partial charge < -0.3 is 15.4 Å². The van der Waals surface area contributed by atoms with Gasteiger partial charge in [-0.3, -0.25) is 24.3 Å². The molecule has 2 aromatic heterocycles. The number of thiophene rings is 1. The second-order valence-electron chi connectivity index (χ2n) is 10.4. The van der Waals surface area contributed by atoms with E-state index in [0.29, 0.717) is 21.5 Å². The molecule has 0 atom stereocenters. The number of rotatable bonds is 11. The van der Waals surface area contributed by atoms with Crippen LogP contribution in [-0.4, -0.2) is 49.8 Å². The molecular formula is C31H32N6O6S2. The summed E-state index contributed by atoms with van der Waals surface area (Å²) in [5.41, 5.74) is 4.42. The zero-order valence-electron chi connectivity index (χ0n) is 25.0. The topological polar surface area (TPSA) is 158 Å². The van der Waals surface area contributed by atoms with Gasteiger partial charge in [0.25, 0.3) is 11.6 Å². The fourth-order valence-corrected chi connectivity index (χ4v) is 7.15. The van der Waals surface area contributed by atoms with Gasteiger partial charge in [-0.15, -0.1) is 21.5 Å². The monoisotopic (exact) mass is 648 g/mol. The number of nitro benzene ring substituents is 1. The molecule has 0 fully saturated rings. The predicted molar refractivity (Wildman–Crippen MR) is 171 cm³/mol. The van der Waals surface area contributed by atoms with Crippen molar-refractivity contribution in [3.05, 3.63) is 91.1 Å². The zero-order valence-corrected chi connectivity index (χ0v) is 26.7. The van der Waals surface area contributed by atoms with Crippen molar-refractivity contribution in [3.8, 4) is 5.69 Å². The Morgan fingerprint density at radius 3 is 2.58 bits per heavy atom. The van der Waals surface area contributed by atoms with Crippen LogP contribution in [0.1, 0.15) is 67.9 Å². The number of nitrogens with zero attached hydrogens (tertiary/aromatic N) is 4. The molecule has 0 aliphatic heterocycles. The Balaban J connectivity index is 1.35. The lowest BCUT2D eigenvalue weighted by atomic mass is 9.95. The van der Waals surface area contributed by atoms with E-state index in [0.717, 1.165) is 52.9 Å². The summed E-state index contributed by atoms with van der Waals surface area (Å²) in [6.45, 7) is 5.98. The Bertz CT molecular complexity index is 1760. The maximum Gasteiger partial charge on any atom is 0.341 e. The number of benzene rings is 2. The summed E-state index contributed by atoms with van der Waals surface area (Å²) in [5, 5.41) is 26.3. The maximum absolute atomic E-state index is 13.2. The summed E-state index contributed by atoms with van der Waals surface area (Å²) in [4.78, 5) is 50.4. The molecule has 2 N–H and O–H groups in total. The third kappa shape index (κ3) is 7.07. The van der Waals surface area contributed by atoms with Gasteiger partial charge in [-0.25, -0.2) is 4.79 Å². The SMILES string of the molecule is CCOC(=O)c1c(NC(=O)CSc2nnc(CNC(=O)c3ccc([N+](=O)[O-])cc3)n2-c2cccc(C)c2C)sc2c1CCCC2. The summed E-state index contributed by atoms with van der Waals surface area (Å²) >= 11 is 2.62. The molecule has 1 aliphatic rings. The molecule has 0 bridgehead atoms. The lowest BCUT2D eigenvalue weighted by molar-refractivity contribution is -0.384. The van der Waals surface area contributed by atoms with E-state index in [9.17, 15) is 24.5 Å². The molecule has 45 heavy (non-hydrogen) atoms. The van der Waals surface area contributed by atoms with Gasteiger partial charge in [0.2, 0.25) is 5.91 Å². The van der Waals surface area contributed by atoms with Gasteiger partial charge in [0.15, 0.2) is 11.0 Å². The highest BCUT2D eigenvalue weighted by Crippen LogP contribution is 2.39. The fraction of sp³-hybridized carbons (Fsp3) is 0.323. The molecule has 4 aromatic rings. The third-order valence-electron chi connectivity index (χ3n) is 7.50. The molecule has 1 aliphatic carbocycles. The van der Waals surface area contributed by atoms with E-state index in [4.69, 9.17) is 4.74 Å². The molecule has 2 heterocycles. The van der Waals surface area contributed by atoms with Crippen molar-refractivity contribution in [3.63, 3.8) is 0 Å². The minimum absolute atomic E-state index is 0.00296. The first kappa shape index (κ1) is 31.9. The number of non-ortho nitro benzene ring substituents is 1. The van der Waals surface area contributed by atoms with Gasteiger partial charge in [-0.2, -0.15) is 0 Å². The van der Waals surface area contributed by atoms with Crippen molar-refractivity contribution in [1.29, 1.82) is 0 Å². The van der Waals surface area contributed by atoms with Crippen molar-refractivity contribution < 1.29 is 24.0 Å². The summed E-state index contributed by atoms with van der Waals surface area (Å²) in [5.74, 6) is -0.701. The standard InChI is InChI=1S/C31H32N6O6S2/c1-4-43-30(40)27-22-9-5-6-11-24(22)45-29(27)33-26(38)17-44-31-35-34-25(36(31)23-10-7-8-18(2)19(23)3)16-32-28(39)20-12-14-21(15-13-20)37(41)42/h7-8,10,12-15H,4-6,9,11,16-17H2,1-3H3,(H,32,39)(H,33,38). The highest BCUT2D eigenvalue weighted by Gasteiger charge is 2.27. The van der Waals surface area contributed by atoms with E-state index in [-0.39, 0.29) is 36.1 Å². The first-order valence-electron chi connectivity index (χ1n) is 14.5. The summed E-state index contributed by atoms with van der Waals surface area (Å²) < 4.78 is 7.12. The van der Waals surface area contributed by atoms with Gasteiger partial charge in [0.05, 0.1) is 35.1 Å². The van der Waals surface area contributed by atoms with E-state index < -0.39 is 16.8 Å². The minimum atomic E-state index is -0.527. The van der Waals surface area contributed by atoms with Crippen LogP contribution in [0.2, 0.25) is 0 Å². The van der Waals surface area contributed by atoms with E-state index in [1.807, 2.05) is 36.6 Å². The van der Waals surface area contributed by atoms with Gasteiger partial charge >= 0.3 is 5.97 Å². The number of amides is 2. The molecule has 0 spiro atoms. The van der Waals surface area contributed by atoms with Crippen molar-refractivity contribution in [2.75, 3.05) is 17.7 Å². The lowest BCUT2D eigenvalue weighted by Gasteiger charge is -2.15. The van der Waals surface area contributed by atoms with Crippen LogP contribution in [0.5, 0.6) is 0 Å². The van der Waals surface area contributed by atoms with E-state index in [1.54, 1.807) is 6.92 Å². The average molecular weight is 649 g/mol. The number of ether oxygens (including phenoxy) is 1. The Morgan fingerprint density at radius 2 is 1.84 bits per heavy atom. The molecule has 12 nitrogen and oxygen atoms in total. The van der Waals surface area contributed by atoms with Crippen LogP contribution in [0.4, 0.5) is 10.7 Å². The quantitative estimate of drug-likeness (QED) is 0.0918. The fourth-order valence-electron chi connectivity index (χ4n) is 5.09. The number of thioether (sulfide) groups is 1. The highest BCUT2D eigenvalue weighted by atomic mass is 32.2. The smallest absolute Gasteiger partial charge is 0.341 e. The number of anilines is 1. The van der Waals surface area contributed by atoms with Crippen molar-refractivity contribution in [2.45, 2.75) is 58.2 Å². The molecule has 0 radical (unpaired) electrons. The van der Waals surface area contributed by atoms with E-state index >= 15 is 0 Å². The van der Waals surface area contributed by atoms with Crippen LogP contribution in [0.3, 0.4) is 0 Å². The highest BCUT2D eigenvalue weighted by molar-refractivity contribution is 7.99. The first-order chi connectivity index (χ1) is 21.7. The molecule has 2 aromatic carbocycles. The number of esters is 1. The van der Waals surface area contributed by atoms with Crippen LogP contribution in [0.25, 0.3) is 5.69 Å². The number of aryl methyl sites for hydroxylation is 2. The maximum atomic E-state index is 13.2. The van der Waals surface area contributed by atoms with Crippen LogP contribution >= 0.6 is 23.1 Å². The molecule has 5 rings (SSSR count). The molecule has 0 saturated heterocycles. The van der Waals surface area contributed by atoms with E-state index in [1.165, 1.54) is 47.4 Å². The number of carbonyl (C=O) groups is 3. The number of nitrogens with one attached hydrogen (secondary N) is 2. The second-order valence-corrected chi connectivity index (χ2v) is 12.5. The summed E-state index contributed by atoms with van der Waals surface area (Å²) in [7, 11) is 0. The molecule has 14 heteroatoms.